The molecule has 7 nitrogen and oxygen atoms in total. The monoisotopic (exact) mass is 601 g/mol. The molecule has 0 aliphatic rings. The Morgan fingerprint density at radius 1 is 0.489 bits per heavy atom. The number of fused-ring (bicyclic) bond motifs is 3. The molecule has 5 aromatic heterocycles. The standard InChI is InChI=1S/C40H23N7/c1-2-9-35-29(7-1)31-21-41-18-17-36(31)47(35)37-10-4-8-32(46-37)33-19-27(20-34(45-33)40-43-22-42-23-44-40)28-15-13-26-12-11-24-5-3-6-25-14-16-30(28)39(26)38(24)25/h1-23H. The summed E-state index contributed by atoms with van der Waals surface area (Å²) in [4.78, 5) is 27.6. The third kappa shape index (κ3) is 3.93. The van der Waals surface area contributed by atoms with E-state index in [4.69, 9.17) is 9.97 Å². The van der Waals surface area contributed by atoms with E-state index in [0.29, 0.717) is 11.5 Å². The van der Waals surface area contributed by atoms with Gasteiger partial charge in [0.1, 0.15) is 24.2 Å². The van der Waals surface area contributed by atoms with Crippen LogP contribution < -0.4 is 0 Å². The van der Waals surface area contributed by atoms with Crippen LogP contribution in [0.25, 0.3) is 94.0 Å². The molecule has 0 atom stereocenters. The molecule has 0 saturated heterocycles. The van der Waals surface area contributed by atoms with Gasteiger partial charge in [-0.1, -0.05) is 78.9 Å². The molecule has 0 spiro atoms. The first-order valence-electron chi connectivity index (χ1n) is 15.4. The molecule has 0 radical (unpaired) electrons. The smallest absolute Gasteiger partial charge is 0.181 e. The van der Waals surface area contributed by atoms with Crippen molar-refractivity contribution in [1.82, 2.24) is 34.5 Å². The number of aromatic nitrogens is 7. The first-order chi connectivity index (χ1) is 23.3. The van der Waals surface area contributed by atoms with Gasteiger partial charge in [-0.15, -0.1) is 0 Å². The van der Waals surface area contributed by atoms with Crippen molar-refractivity contribution in [3.8, 4) is 39.9 Å². The molecule has 0 bridgehead atoms. The second-order valence-corrected chi connectivity index (χ2v) is 11.7. The summed E-state index contributed by atoms with van der Waals surface area (Å²) < 4.78 is 2.19. The minimum Gasteiger partial charge on any atom is -0.294 e. The highest BCUT2D eigenvalue weighted by Gasteiger charge is 2.18. The summed E-state index contributed by atoms with van der Waals surface area (Å²) in [5, 5.41) is 9.64. The van der Waals surface area contributed by atoms with Crippen molar-refractivity contribution in [2.24, 2.45) is 0 Å². The fourth-order valence-corrected chi connectivity index (χ4v) is 7.04. The zero-order chi connectivity index (χ0) is 30.9. The van der Waals surface area contributed by atoms with Gasteiger partial charge in [-0.2, -0.15) is 0 Å². The molecule has 47 heavy (non-hydrogen) atoms. The van der Waals surface area contributed by atoms with Crippen LogP contribution in [0.2, 0.25) is 0 Å². The molecule has 5 heterocycles. The third-order valence-corrected chi connectivity index (χ3v) is 9.09. The molecule has 0 aliphatic carbocycles. The minimum atomic E-state index is 0.506. The second-order valence-electron chi connectivity index (χ2n) is 11.7. The van der Waals surface area contributed by atoms with E-state index >= 15 is 0 Å². The highest BCUT2D eigenvalue weighted by Crippen LogP contribution is 2.40. The Morgan fingerprint density at radius 2 is 1.23 bits per heavy atom. The predicted octanol–water partition coefficient (Wildman–Crippen LogP) is 9.05. The minimum absolute atomic E-state index is 0.506. The zero-order valence-electron chi connectivity index (χ0n) is 24.9. The normalized spacial score (nSPS) is 11.8. The fourth-order valence-electron chi connectivity index (χ4n) is 7.04. The molecule has 0 aliphatic heterocycles. The van der Waals surface area contributed by atoms with Gasteiger partial charge in [0.2, 0.25) is 0 Å². The van der Waals surface area contributed by atoms with Gasteiger partial charge in [0.15, 0.2) is 5.82 Å². The SMILES string of the molecule is c1cc(-c2cc(-c3ccc4ccc5cccc6ccc3c4c56)cc(-c3ncncn3)n2)nc(-n2c3ccccc3c3cnccc32)c1. The van der Waals surface area contributed by atoms with Crippen molar-refractivity contribution in [2.45, 2.75) is 0 Å². The summed E-state index contributed by atoms with van der Waals surface area (Å²) in [6.07, 6.45) is 6.75. The summed E-state index contributed by atoms with van der Waals surface area (Å²) in [5.74, 6) is 1.31. The number of hydrogen-bond donors (Lipinski definition) is 0. The van der Waals surface area contributed by atoms with E-state index in [0.717, 1.165) is 50.1 Å². The van der Waals surface area contributed by atoms with Crippen molar-refractivity contribution in [3.05, 3.63) is 140 Å². The number of rotatable bonds is 4. The number of nitrogens with zero attached hydrogens (tertiary/aromatic N) is 7. The van der Waals surface area contributed by atoms with Crippen LogP contribution in [0.3, 0.4) is 0 Å². The van der Waals surface area contributed by atoms with Crippen molar-refractivity contribution >= 4 is 54.1 Å². The predicted molar refractivity (Wildman–Crippen MR) is 188 cm³/mol. The van der Waals surface area contributed by atoms with E-state index < -0.39 is 0 Å². The van der Waals surface area contributed by atoms with Crippen molar-refractivity contribution < 1.29 is 0 Å². The van der Waals surface area contributed by atoms with Crippen LogP contribution in [0, 0.1) is 0 Å². The number of para-hydroxylation sites is 1. The lowest BCUT2D eigenvalue weighted by Gasteiger charge is -2.15. The van der Waals surface area contributed by atoms with Gasteiger partial charge in [0, 0.05) is 23.2 Å². The lowest BCUT2D eigenvalue weighted by atomic mass is 9.89. The third-order valence-electron chi connectivity index (χ3n) is 9.09. The summed E-state index contributed by atoms with van der Waals surface area (Å²) >= 11 is 0. The van der Waals surface area contributed by atoms with Crippen molar-refractivity contribution in [2.75, 3.05) is 0 Å². The zero-order valence-corrected chi connectivity index (χ0v) is 24.9. The lowest BCUT2D eigenvalue weighted by molar-refractivity contribution is 1.04. The quantitative estimate of drug-likeness (QED) is 0.187. The average Bonchev–Trinajstić information content (AvgIpc) is 3.48. The average molecular weight is 602 g/mol. The largest absolute Gasteiger partial charge is 0.294 e. The maximum absolute atomic E-state index is 5.21. The van der Waals surface area contributed by atoms with Crippen LogP contribution in [-0.4, -0.2) is 34.5 Å². The molecule has 0 fully saturated rings. The van der Waals surface area contributed by atoms with Crippen LogP contribution in [0.15, 0.2) is 140 Å². The van der Waals surface area contributed by atoms with E-state index in [9.17, 15) is 0 Å². The Morgan fingerprint density at radius 3 is 2.13 bits per heavy atom. The summed E-state index contributed by atoms with van der Waals surface area (Å²) in [6.45, 7) is 0. The van der Waals surface area contributed by atoms with Gasteiger partial charge in [-0.25, -0.2) is 24.9 Å². The van der Waals surface area contributed by atoms with Gasteiger partial charge >= 0.3 is 0 Å². The molecule has 0 N–H and O–H groups in total. The van der Waals surface area contributed by atoms with E-state index in [-0.39, 0.29) is 0 Å². The van der Waals surface area contributed by atoms with Crippen LogP contribution in [0.5, 0.6) is 0 Å². The Labute approximate surface area is 268 Å². The molecule has 0 amide bonds. The van der Waals surface area contributed by atoms with Crippen LogP contribution >= 0.6 is 0 Å². The number of pyridine rings is 3. The van der Waals surface area contributed by atoms with Gasteiger partial charge in [-0.05, 0) is 79.8 Å². The molecular weight excluding hydrogens is 578 g/mol. The Hall–Kier alpha value is -6.60. The van der Waals surface area contributed by atoms with Gasteiger partial charge < -0.3 is 0 Å². The summed E-state index contributed by atoms with van der Waals surface area (Å²) in [7, 11) is 0. The highest BCUT2D eigenvalue weighted by molar-refractivity contribution is 6.25. The molecule has 218 valence electrons. The summed E-state index contributed by atoms with van der Waals surface area (Å²) in [6, 6.07) is 40.4. The fraction of sp³-hybridized carbons (Fsp3) is 0. The van der Waals surface area contributed by atoms with Gasteiger partial charge in [0.05, 0.1) is 22.4 Å². The van der Waals surface area contributed by atoms with E-state index in [1.54, 1.807) is 0 Å². The molecule has 10 aromatic rings. The topological polar surface area (TPSA) is 82.3 Å². The Kier molecular flexibility index (Phi) is 5.44. The van der Waals surface area contributed by atoms with Crippen LogP contribution in [-0.2, 0) is 0 Å². The van der Waals surface area contributed by atoms with E-state index in [1.165, 1.54) is 45.0 Å². The van der Waals surface area contributed by atoms with E-state index in [2.05, 4.69) is 115 Å². The molecule has 10 rings (SSSR count). The molecule has 7 heteroatoms. The Balaban J connectivity index is 1.21. The van der Waals surface area contributed by atoms with Crippen molar-refractivity contribution in [3.63, 3.8) is 0 Å². The van der Waals surface area contributed by atoms with E-state index in [1.807, 2.05) is 36.7 Å². The first-order valence-corrected chi connectivity index (χ1v) is 15.4. The summed E-state index contributed by atoms with van der Waals surface area (Å²) in [5.41, 5.74) is 6.37. The first kappa shape index (κ1) is 25.7. The molecular formula is C40H23N7. The van der Waals surface area contributed by atoms with Crippen LogP contribution in [0.4, 0.5) is 0 Å². The van der Waals surface area contributed by atoms with Gasteiger partial charge in [-0.3, -0.25) is 9.55 Å². The number of benzene rings is 5. The Bertz CT molecular complexity index is 2740. The molecule has 0 unspecified atom stereocenters. The van der Waals surface area contributed by atoms with Crippen LogP contribution in [0.1, 0.15) is 0 Å². The maximum Gasteiger partial charge on any atom is 0.181 e. The number of hydrogen-bond acceptors (Lipinski definition) is 6. The van der Waals surface area contributed by atoms with Gasteiger partial charge in [0.25, 0.3) is 0 Å². The second kappa shape index (κ2) is 9.95. The van der Waals surface area contributed by atoms with Crippen molar-refractivity contribution in [1.29, 1.82) is 0 Å². The highest BCUT2D eigenvalue weighted by atomic mass is 15.1. The molecule has 0 saturated carbocycles. The maximum atomic E-state index is 5.21. The lowest BCUT2D eigenvalue weighted by Crippen LogP contribution is -2.00. The molecule has 5 aromatic carbocycles.